The minimum atomic E-state index is 0.145. The number of aliphatic hydroxyl groups excluding tert-OH is 1. The first-order valence-corrected chi connectivity index (χ1v) is 5.16. The number of hydrogen-bond donors (Lipinski definition) is 2. The van der Waals surface area contributed by atoms with E-state index in [1.807, 2.05) is 19.2 Å². The number of aryl methyl sites for hydroxylation is 1. The van der Waals surface area contributed by atoms with Crippen molar-refractivity contribution < 1.29 is 9.84 Å². The van der Waals surface area contributed by atoms with Crippen molar-refractivity contribution in [1.82, 2.24) is 5.32 Å². The maximum absolute atomic E-state index is 9.00. The zero-order valence-electron chi connectivity index (χ0n) is 9.58. The van der Waals surface area contributed by atoms with Gasteiger partial charge in [-0.25, -0.2) is 0 Å². The van der Waals surface area contributed by atoms with Crippen LogP contribution in [-0.2, 0) is 0 Å². The molecule has 1 aromatic rings. The molecule has 0 aliphatic rings. The molecule has 1 atom stereocenters. The third kappa shape index (κ3) is 2.70. The van der Waals surface area contributed by atoms with Crippen molar-refractivity contribution in [3.05, 3.63) is 29.3 Å². The first-order chi connectivity index (χ1) is 7.24. The Bertz CT molecular complexity index is 312. The van der Waals surface area contributed by atoms with Crippen LogP contribution < -0.4 is 10.1 Å². The van der Waals surface area contributed by atoms with Crippen molar-refractivity contribution in [2.45, 2.75) is 19.4 Å². The Morgan fingerprint density at radius 2 is 2.20 bits per heavy atom. The van der Waals surface area contributed by atoms with E-state index in [1.54, 1.807) is 7.11 Å². The normalized spacial score (nSPS) is 12.5. The fraction of sp³-hybridized carbons (Fsp3) is 0.500. The minimum Gasteiger partial charge on any atom is -0.496 e. The average molecular weight is 209 g/mol. The highest BCUT2D eigenvalue weighted by molar-refractivity contribution is 5.41. The Morgan fingerprint density at radius 1 is 1.47 bits per heavy atom. The van der Waals surface area contributed by atoms with Crippen LogP contribution in [0.1, 0.15) is 23.6 Å². The number of hydrogen-bond acceptors (Lipinski definition) is 3. The molecule has 0 saturated heterocycles. The molecule has 0 bridgehead atoms. The molecule has 84 valence electrons. The summed E-state index contributed by atoms with van der Waals surface area (Å²) in [5.41, 5.74) is 2.32. The molecule has 0 radical (unpaired) electrons. The van der Waals surface area contributed by atoms with Gasteiger partial charge in [0.2, 0.25) is 0 Å². The topological polar surface area (TPSA) is 41.5 Å². The molecule has 0 heterocycles. The number of benzene rings is 1. The zero-order chi connectivity index (χ0) is 11.3. The van der Waals surface area contributed by atoms with Gasteiger partial charge in [-0.15, -0.1) is 0 Å². The van der Waals surface area contributed by atoms with Crippen molar-refractivity contribution in [2.24, 2.45) is 0 Å². The summed E-state index contributed by atoms with van der Waals surface area (Å²) < 4.78 is 5.33. The first-order valence-electron chi connectivity index (χ1n) is 5.16. The van der Waals surface area contributed by atoms with Gasteiger partial charge in [0.15, 0.2) is 0 Å². The molecule has 0 aromatic heterocycles. The largest absolute Gasteiger partial charge is 0.496 e. The van der Waals surface area contributed by atoms with E-state index < -0.39 is 0 Å². The van der Waals surface area contributed by atoms with E-state index in [1.165, 1.54) is 5.56 Å². The quantitative estimate of drug-likeness (QED) is 0.774. The smallest absolute Gasteiger partial charge is 0.123 e. The summed E-state index contributed by atoms with van der Waals surface area (Å²) in [5.74, 6) is 0.878. The van der Waals surface area contributed by atoms with Crippen LogP contribution in [0.5, 0.6) is 5.75 Å². The van der Waals surface area contributed by atoms with Gasteiger partial charge in [-0.1, -0.05) is 12.1 Å². The minimum absolute atomic E-state index is 0.145. The molecule has 0 aliphatic carbocycles. The lowest BCUT2D eigenvalue weighted by Crippen LogP contribution is -2.19. The van der Waals surface area contributed by atoms with Crippen LogP contribution in [0.4, 0.5) is 0 Å². The van der Waals surface area contributed by atoms with Crippen LogP contribution in [0.25, 0.3) is 0 Å². The maximum atomic E-state index is 9.00. The van der Waals surface area contributed by atoms with E-state index in [-0.39, 0.29) is 12.6 Å². The lowest BCUT2D eigenvalue weighted by Gasteiger charge is -2.20. The van der Waals surface area contributed by atoms with E-state index in [4.69, 9.17) is 9.84 Å². The Balaban J connectivity index is 3.08. The highest BCUT2D eigenvalue weighted by Gasteiger charge is 2.15. The molecule has 2 N–H and O–H groups in total. The maximum Gasteiger partial charge on any atom is 0.123 e. The van der Waals surface area contributed by atoms with Gasteiger partial charge in [-0.05, 0) is 32.0 Å². The third-order valence-electron chi connectivity index (χ3n) is 2.62. The van der Waals surface area contributed by atoms with E-state index >= 15 is 0 Å². The molecule has 15 heavy (non-hydrogen) atoms. The average Bonchev–Trinajstić information content (AvgIpc) is 2.26. The summed E-state index contributed by atoms with van der Waals surface area (Å²) in [6.45, 7) is 2.22. The summed E-state index contributed by atoms with van der Waals surface area (Å²) in [5, 5.41) is 12.2. The van der Waals surface area contributed by atoms with Crippen LogP contribution in [0, 0.1) is 6.92 Å². The summed E-state index contributed by atoms with van der Waals surface area (Å²) in [7, 11) is 3.57. The third-order valence-corrected chi connectivity index (χ3v) is 2.62. The molecule has 1 aromatic carbocycles. The second-order valence-electron chi connectivity index (χ2n) is 3.54. The Morgan fingerprint density at radius 3 is 2.73 bits per heavy atom. The molecule has 0 saturated carbocycles. The predicted octanol–water partition coefficient (Wildman–Crippen LogP) is 1.65. The van der Waals surface area contributed by atoms with Gasteiger partial charge < -0.3 is 15.2 Å². The van der Waals surface area contributed by atoms with Crippen LogP contribution in [0.15, 0.2) is 18.2 Å². The first kappa shape index (κ1) is 12.0. The van der Waals surface area contributed by atoms with E-state index in [0.717, 1.165) is 11.3 Å². The van der Waals surface area contributed by atoms with Gasteiger partial charge in [0.05, 0.1) is 7.11 Å². The molecule has 0 spiro atoms. The number of methoxy groups -OCH3 is 1. The van der Waals surface area contributed by atoms with Crippen molar-refractivity contribution in [1.29, 1.82) is 0 Å². The molecule has 3 nitrogen and oxygen atoms in total. The van der Waals surface area contributed by atoms with E-state index in [0.29, 0.717) is 6.42 Å². The van der Waals surface area contributed by atoms with Crippen LogP contribution in [0.2, 0.25) is 0 Å². The standard InChI is InChI=1S/C12H19NO2/c1-9-5-4-6-11(15-3)12(9)10(13-2)7-8-14/h4-6,10,13-14H,7-8H2,1-3H3. The highest BCUT2D eigenvalue weighted by atomic mass is 16.5. The van der Waals surface area contributed by atoms with Gasteiger partial charge in [0.1, 0.15) is 5.75 Å². The van der Waals surface area contributed by atoms with Crippen molar-refractivity contribution in [3.63, 3.8) is 0 Å². The van der Waals surface area contributed by atoms with Gasteiger partial charge in [0, 0.05) is 18.2 Å². The second-order valence-corrected chi connectivity index (χ2v) is 3.54. The van der Waals surface area contributed by atoms with Crippen LogP contribution in [0.3, 0.4) is 0 Å². The summed E-state index contributed by atoms with van der Waals surface area (Å²) >= 11 is 0. The fourth-order valence-electron chi connectivity index (χ4n) is 1.84. The van der Waals surface area contributed by atoms with Gasteiger partial charge in [-0.2, -0.15) is 0 Å². The number of aliphatic hydroxyl groups is 1. The van der Waals surface area contributed by atoms with E-state index in [2.05, 4.69) is 18.3 Å². The van der Waals surface area contributed by atoms with Crippen LogP contribution >= 0.6 is 0 Å². The molecule has 0 amide bonds. The monoisotopic (exact) mass is 209 g/mol. The summed E-state index contributed by atoms with van der Waals surface area (Å²) in [6.07, 6.45) is 0.692. The number of nitrogens with one attached hydrogen (secondary N) is 1. The highest BCUT2D eigenvalue weighted by Crippen LogP contribution is 2.29. The van der Waals surface area contributed by atoms with Crippen molar-refractivity contribution in [3.8, 4) is 5.75 Å². The lowest BCUT2D eigenvalue weighted by molar-refractivity contribution is 0.266. The molecule has 1 unspecified atom stereocenters. The van der Waals surface area contributed by atoms with Crippen LogP contribution in [-0.4, -0.2) is 25.9 Å². The lowest BCUT2D eigenvalue weighted by atomic mass is 9.98. The van der Waals surface area contributed by atoms with E-state index in [9.17, 15) is 0 Å². The summed E-state index contributed by atoms with van der Waals surface area (Å²) in [4.78, 5) is 0. The zero-order valence-corrected chi connectivity index (χ0v) is 9.58. The number of ether oxygens (including phenoxy) is 1. The molecule has 3 heteroatoms. The number of rotatable bonds is 5. The SMILES string of the molecule is CNC(CCO)c1c(C)cccc1OC. The van der Waals surface area contributed by atoms with Gasteiger partial charge in [0.25, 0.3) is 0 Å². The Kier molecular flexibility index (Phi) is 4.59. The molecule has 0 aliphatic heterocycles. The van der Waals surface area contributed by atoms with Crippen molar-refractivity contribution in [2.75, 3.05) is 20.8 Å². The molecule has 0 fully saturated rings. The van der Waals surface area contributed by atoms with Gasteiger partial charge >= 0.3 is 0 Å². The second kappa shape index (κ2) is 5.73. The van der Waals surface area contributed by atoms with Crippen molar-refractivity contribution >= 4 is 0 Å². The summed E-state index contributed by atoms with van der Waals surface area (Å²) in [6, 6.07) is 6.12. The predicted molar refractivity (Wildman–Crippen MR) is 61.2 cm³/mol. The Hall–Kier alpha value is -1.06. The molecule has 1 rings (SSSR count). The fourth-order valence-corrected chi connectivity index (χ4v) is 1.84. The molecular formula is C12H19NO2. The van der Waals surface area contributed by atoms with Gasteiger partial charge in [-0.3, -0.25) is 0 Å². The Labute approximate surface area is 91.1 Å². The molecular weight excluding hydrogens is 190 g/mol.